The third-order valence-corrected chi connectivity index (χ3v) is 4.96. The van der Waals surface area contributed by atoms with E-state index in [4.69, 9.17) is 11.6 Å². The van der Waals surface area contributed by atoms with E-state index in [0.29, 0.717) is 28.4 Å². The Hall–Kier alpha value is -2.93. The lowest BCUT2D eigenvalue weighted by Gasteiger charge is -2.16. The van der Waals surface area contributed by atoms with Crippen LogP contribution in [0.2, 0.25) is 5.02 Å². The molecule has 2 aliphatic rings. The molecule has 0 bridgehead atoms. The second kappa shape index (κ2) is 5.78. The van der Waals surface area contributed by atoms with Crippen molar-refractivity contribution in [3.8, 4) is 5.69 Å². The van der Waals surface area contributed by atoms with Crippen LogP contribution in [0.3, 0.4) is 0 Å². The molecule has 1 aromatic carbocycles. The number of allylic oxidation sites excluding steroid dienone is 4. The highest BCUT2D eigenvalue weighted by molar-refractivity contribution is 6.34. The highest BCUT2D eigenvalue weighted by Crippen LogP contribution is 2.45. The molecule has 5 rings (SSSR count). The predicted octanol–water partition coefficient (Wildman–Crippen LogP) is 5.83. The number of imidazole rings is 1. The number of alkyl halides is 3. The number of aromatic nitrogens is 3. The van der Waals surface area contributed by atoms with Crippen LogP contribution in [0.4, 0.5) is 18.9 Å². The second-order valence-corrected chi connectivity index (χ2v) is 7.09. The average molecular weight is 401 g/mol. The fraction of sp³-hybridized carbons (Fsp3) is 0.150. The molecule has 8 heteroatoms. The van der Waals surface area contributed by atoms with Crippen LogP contribution in [0.5, 0.6) is 0 Å². The van der Waals surface area contributed by atoms with Gasteiger partial charge in [-0.05, 0) is 31.2 Å². The first-order chi connectivity index (χ1) is 13.3. The Morgan fingerprint density at radius 2 is 1.96 bits per heavy atom. The van der Waals surface area contributed by atoms with Crippen molar-refractivity contribution in [1.82, 2.24) is 14.5 Å². The zero-order valence-corrected chi connectivity index (χ0v) is 15.3. The third-order valence-electron chi connectivity index (χ3n) is 4.75. The first-order valence-electron chi connectivity index (χ1n) is 8.55. The Bertz CT molecular complexity index is 1250. The summed E-state index contributed by atoms with van der Waals surface area (Å²) in [5.74, 6) is -1.04. The maximum absolute atomic E-state index is 13.9. The topological polar surface area (TPSA) is 43.1 Å². The fourth-order valence-electron chi connectivity index (χ4n) is 3.62. The standard InChI is InChI=1S/C20H12ClF3N4/c1-10-6-7-14-18(25-10)28(19(27-14)20(22,23)24)16-9-11(21)8-15-17(16)12-4-2-3-5-13(12)26-15/h2-4,6-9H,5H2,1H3. The van der Waals surface area contributed by atoms with Crippen molar-refractivity contribution in [3.63, 3.8) is 0 Å². The quantitative estimate of drug-likeness (QED) is 0.515. The summed E-state index contributed by atoms with van der Waals surface area (Å²) < 4.78 is 42.6. The molecule has 28 heavy (non-hydrogen) atoms. The molecule has 4 nitrogen and oxygen atoms in total. The maximum Gasteiger partial charge on any atom is 0.450 e. The summed E-state index contributed by atoms with van der Waals surface area (Å²) in [6.45, 7) is 1.72. The molecule has 0 spiro atoms. The summed E-state index contributed by atoms with van der Waals surface area (Å²) in [4.78, 5) is 12.7. The Morgan fingerprint density at radius 3 is 2.75 bits per heavy atom. The van der Waals surface area contributed by atoms with Gasteiger partial charge in [0, 0.05) is 28.3 Å². The van der Waals surface area contributed by atoms with Gasteiger partial charge in [0.25, 0.3) is 0 Å². The number of nitrogens with zero attached hydrogens (tertiary/aromatic N) is 4. The van der Waals surface area contributed by atoms with Crippen molar-refractivity contribution < 1.29 is 13.2 Å². The highest BCUT2D eigenvalue weighted by atomic mass is 35.5. The number of aliphatic imine (C=N–C) groups is 1. The smallest absolute Gasteiger partial charge is 0.272 e. The molecule has 0 fully saturated rings. The van der Waals surface area contributed by atoms with Crippen LogP contribution < -0.4 is 0 Å². The number of aryl methyl sites for hydroxylation is 1. The molecule has 3 aromatic rings. The van der Waals surface area contributed by atoms with E-state index < -0.39 is 12.0 Å². The number of benzene rings is 1. The van der Waals surface area contributed by atoms with E-state index in [1.807, 2.05) is 18.2 Å². The Labute approximate surface area is 162 Å². The third kappa shape index (κ3) is 2.50. The van der Waals surface area contributed by atoms with Crippen LogP contribution >= 0.6 is 11.6 Å². The Morgan fingerprint density at radius 1 is 1.14 bits per heavy atom. The van der Waals surface area contributed by atoms with Crippen LogP contribution in [-0.4, -0.2) is 20.2 Å². The van der Waals surface area contributed by atoms with Gasteiger partial charge in [0.05, 0.1) is 17.1 Å². The van der Waals surface area contributed by atoms with E-state index in [1.54, 1.807) is 25.1 Å². The number of hydrogen-bond donors (Lipinski definition) is 0. The van der Waals surface area contributed by atoms with Gasteiger partial charge in [0.15, 0.2) is 5.65 Å². The molecule has 0 atom stereocenters. The zero-order valence-electron chi connectivity index (χ0n) is 14.5. The summed E-state index contributed by atoms with van der Waals surface area (Å²) in [6.07, 6.45) is 1.64. The van der Waals surface area contributed by atoms with Crippen molar-refractivity contribution in [2.75, 3.05) is 0 Å². The summed E-state index contributed by atoms with van der Waals surface area (Å²) in [7, 11) is 0. The fourth-order valence-corrected chi connectivity index (χ4v) is 3.82. The number of pyridine rings is 1. The van der Waals surface area contributed by atoms with Gasteiger partial charge in [-0.1, -0.05) is 29.8 Å². The normalized spacial score (nSPS) is 15.5. The van der Waals surface area contributed by atoms with Crippen LogP contribution in [0, 0.1) is 6.92 Å². The van der Waals surface area contributed by atoms with Gasteiger partial charge >= 0.3 is 6.18 Å². The summed E-state index contributed by atoms with van der Waals surface area (Å²) >= 11 is 6.25. The molecule has 0 amide bonds. The van der Waals surface area contributed by atoms with Gasteiger partial charge < -0.3 is 0 Å². The van der Waals surface area contributed by atoms with Crippen LogP contribution in [-0.2, 0) is 6.18 Å². The lowest BCUT2D eigenvalue weighted by atomic mass is 9.96. The Kier molecular flexibility index (Phi) is 3.55. The first kappa shape index (κ1) is 17.2. The predicted molar refractivity (Wildman–Crippen MR) is 102 cm³/mol. The van der Waals surface area contributed by atoms with E-state index in [9.17, 15) is 13.2 Å². The van der Waals surface area contributed by atoms with E-state index in [1.165, 1.54) is 6.07 Å². The number of rotatable bonds is 1. The summed E-state index contributed by atoms with van der Waals surface area (Å²) in [5.41, 5.74) is 3.94. The van der Waals surface area contributed by atoms with Crippen molar-refractivity contribution >= 4 is 39.7 Å². The maximum atomic E-state index is 13.9. The molecule has 1 aliphatic carbocycles. The van der Waals surface area contributed by atoms with Crippen molar-refractivity contribution in [2.24, 2.45) is 4.99 Å². The minimum atomic E-state index is -4.66. The Balaban J connectivity index is 1.90. The van der Waals surface area contributed by atoms with Crippen LogP contribution in [0.25, 0.3) is 22.4 Å². The molecule has 0 saturated carbocycles. The summed E-state index contributed by atoms with van der Waals surface area (Å²) in [6, 6.07) is 6.35. The highest BCUT2D eigenvalue weighted by Gasteiger charge is 2.40. The largest absolute Gasteiger partial charge is 0.450 e. The molecule has 2 aromatic heterocycles. The zero-order chi connectivity index (χ0) is 19.6. The SMILES string of the molecule is Cc1ccc2nc(C(F)(F)F)n(-c3cc(Cl)cc4c3C3=CC=CCC3=N4)c2n1. The van der Waals surface area contributed by atoms with Crippen LogP contribution in [0.15, 0.2) is 47.5 Å². The van der Waals surface area contributed by atoms with Gasteiger partial charge in [-0.25, -0.2) is 9.97 Å². The second-order valence-electron chi connectivity index (χ2n) is 6.65. The molecule has 0 saturated heterocycles. The van der Waals surface area contributed by atoms with E-state index >= 15 is 0 Å². The van der Waals surface area contributed by atoms with Crippen LogP contribution in [0.1, 0.15) is 23.5 Å². The lowest BCUT2D eigenvalue weighted by Crippen LogP contribution is -2.15. The molecule has 1 aliphatic heterocycles. The summed E-state index contributed by atoms with van der Waals surface area (Å²) in [5, 5.41) is 0.299. The van der Waals surface area contributed by atoms with Crippen molar-refractivity contribution in [3.05, 3.63) is 64.6 Å². The van der Waals surface area contributed by atoms with Gasteiger partial charge in [0.2, 0.25) is 5.82 Å². The first-order valence-corrected chi connectivity index (χ1v) is 8.93. The minimum absolute atomic E-state index is 0.136. The van der Waals surface area contributed by atoms with E-state index in [0.717, 1.165) is 15.9 Å². The van der Waals surface area contributed by atoms with E-state index in [-0.39, 0.29) is 16.9 Å². The monoisotopic (exact) mass is 400 g/mol. The van der Waals surface area contributed by atoms with Crippen molar-refractivity contribution in [1.29, 1.82) is 0 Å². The molecule has 0 N–H and O–H groups in total. The number of fused-ring (bicyclic) bond motifs is 4. The lowest BCUT2D eigenvalue weighted by molar-refractivity contribution is -0.145. The molecular formula is C20H12ClF3N4. The van der Waals surface area contributed by atoms with Gasteiger partial charge in [-0.2, -0.15) is 13.2 Å². The average Bonchev–Trinajstić information content (AvgIpc) is 3.18. The number of halogens is 4. The molecule has 0 unspecified atom stereocenters. The van der Waals surface area contributed by atoms with Gasteiger partial charge in [-0.15, -0.1) is 0 Å². The van der Waals surface area contributed by atoms with Crippen molar-refractivity contribution in [2.45, 2.75) is 19.5 Å². The number of hydrogen-bond acceptors (Lipinski definition) is 3. The molecule has 3 heterocycles. The van der Waals surface area contributed by atoms with Gasteiger partial charge in [0.1, 0.15) is 5.52 Å². The van der Waals surface area contributed by atoms with E-state index in [2.05, 4.69) is 15.0 Å². The molecule has 140 valence electrons. The molecule has 0 radical (unpaired) electrons. The minimum Gasteiger partial charge on any atom is -0.272 e. The molecular weight excluding hydrogens is 389 g/mol. The van der Waals surface area contributed by atoms with Gasteiger partial charge in [-0.3, -0.25) is 9.56 Å².